The molecule has 1 aromatic carbocycles. The second-order valence-electron chi connectivity index (χ2n) is 2.40. The molecule has 1 nitrogen and oxygen atoms in total. The van der Waals surface area contributed by atoms with E-state index in [4.69, 9.17) is 6.42 Å². The zero-order valence-corrected chi connectivity index (χ0v) is 6.68. The van der Waals surface area contributed by atoms with Crippen molar-refractivity contribution >= 4 is 5.78 Å². The van der Waals surface area contributed by atoms with Gasteiger partial charge < -0.3 is 0 Å². The van der Waals surface area contributed by atoms with E-state index in [0.29, 0.717) is 0 Å². The minimum atomic E-state index is -0.875. The lowest BCUT2D eigenvalue weighted by Crippen LogP contribution is -2.04. The number of carbonyl (C=O) groups is 1. The van der Waals surface area contributed by atoms with E-state index in [1.807, 2.05) is 5.92 Å². The molecule has 0 fully saturated rings. The molecule has 1 aromatic rings. The van der Waals surface area contributed by atoms with Crippen LogP contribution in [0.25, 0.3) is 0 Å². The molecule has 0 atom stereocenters. The molecular formula is C10H6F2O. The van der Waals surface area contributed by atoms with Crippen LogP contribution in [-0.4, -0.2) is 5.78 Å². The van der Waals surface area contributed by atoms with Crippen LogP contribution in [0.1, 0.15) is 16.8 Å². The average molecular weight is 180 g/mol. The second kappa shape index (κ2) is 3.81. The maximum atomic E-state index is 12.9. The maximum Gasteiger partial charge on any atom is 0.180 e. The quantitative estimate of drug-likeness (QED) is 0.503. The topological polar surface area (TPSA) is 17.1 Å². The Morgan fingerprint density at radius 3 is 2.38 bits per heavy atom. The monoisotopic (exact) mass is 180 g/mol. The molecule has 0 aromatic heterocycles. The molecule has 3 heteroatoms. The van der Waals surface area contributed by atoms with E-state index >= 15 is 0 Å². The van der Waals surface area contributed by atoms with Gasteiger partial charge in [-0.05, 0) is 12.1 Å². The molecule has 0 saturated carbocycles. The van der Waals surface area contributed by atoms with Crippen molar-refractivity contribution in [2.24, 2.45) is 0 Å². The van der Waals surface area contributed by atoms with Crippen molar-refractivity contribution in [3.05, 3.63) is 35.4 Å². The van der Waals surface area contributed by atoms with Gasteiger partial charge in [0.05, 0.1) is 12.0 Å². The first-order valence-electron chi connectivity index (χ1n) is 3.57. The average Bonchev–Trinajstić information content (AvgIpc) is 2.04. The molecule has 0 aliphatic rings. The van der Waals surface area contributed by atoms with Crippen LogP contribution in [0.2, 0.25) is 0 Å². The van der Waals surface area contributed by atoms with Crippen molar-refractivity contribution in [1.82, 2.24) is 0 Å². The van der Waals surface area contributed by atoms with Crippen molar-refractivity contribution in [2.75, 3.05) is 0 Å². The first-order valence-corrected chi connectivity index (χ1v) is 3.57. The van der Waals surface area contributed by atoms with Gasteiger partial charge in [-0.25, -0.2) is 8.78 Å². The first kappa shape index (κ1) is 9.40. The van der Waals surface area contributed by atoms with E-state index in [9.17, 15) is 13.6 Å². The highest BCUT2D eigenvalue weighted by atomic mass is 19.1. The van der Waals surface area contributed by atoms with Gasteiger partial charge in [0.2, 0.25) is 0 Å². The minimum Gasteiger partial charge on any atom is -0.293 e. The number of rotatable bonds is 2. The van der Waals surface area contributed by atoms with Crippen molar-refractivity contribution in [3.8, 4) is 12.3 Å². The van der Waals surface area contributed by atoms with Gasteiger partial charge in [0.25, 0.3) is 0 Å². The number of hydrogen-bond donors (Lipinski definition) is 0. The number of Topliss-reactive ketones (excluding diaryl/α,β-unsaturated/α-hetero) is 1. The normalized spacial score (nSPS) is 9.31. The van der Waals surface area contributed by atoms with Crippen LogP contribution in [0.4, 0.5) is 8.78 Å². The summed E-state index contributed by atoms with van der Waals surface area (Å²) in [4.78, 5) is 11.1. The summed E-state index contributed by atoms with van der Waals surface area (Å²) in [6, 6.07) is 3.23. The Morgan fingerprint density at radius 1 is 1.38 bits per heavy atom. The SMILES string of the molecule is C#CCC(=O)c1c(F)cccc1F. The highest BCUT2D eigenvalue weighted by Gasteiger charge is 2.15. The van der Waals surface area contributed by atoms with Crippen LogP contribution >= 0.6 is 0 Å². The number of ketones is 1. The molecule has 0 amide bonds. The van der Waals surface area contributed by atoms with Crippen molar-refractivity contribution in [3.63, 3.8) is 0 Å². The molecular weight excluding hydrogens is 174 g/mol. The van der Waals surface area contributed by atoms with E-state index in [0.717, 1.165) is 12.1 Å². The predicted octanol–water partition coefficient (Wildman–Crippen LogP) is 2.17. The molecule has 0 aliphatic heterocycles. The highest BCUT2D eigenvalue weighted by molar-refractivity contribution is 5.97. The zero-order valence-electron chi connectivity index (χ0n) is 6.68. The third-order valence-corrected chi connectivity index (χ3v) is 1.50. The predicted molar refractivity (Wildman–Crippen MR) is 44.1 cm³/mol. The summed E-state index contributed by atoms with van der Waals surface area (Å²) in [5, 5.41) is 0. The van der Waals surface area contributed by atoms with E-state index in [1.54, 1.807) is 0 Å². The van der Waals surface area contributed by atoms with Gasteiger partial charge in [0.15, 0.2) is 5.78 Å². The van der Waals surface area contributed by atoms with E-state index in [1.165, 1.54) is 6.07 Å². The third kappa shape index (κ3) is 1.91. The summed E-state index contributed by atoms with van der Waals surface area (Å²) in [6.07, 6.45) is 4.56. The number of carbonyl (C=O) groups excluding carboxylic acids is 1. The van der Waals surface area contributed by atoms with Crippen molar-refractivity contribution < 1.29 is 13.6 Å². The largest absolute Gasteiger partial charge is 0.293 e. The summed E-state index contributed by atoms with van der Waals surface area (Å²) in [7, 11) is 0. The van der Waals surface area contributed by atoms with Gasteiger partial charge in [-0.2, -0.15) is 0 Å². The van der Waals surface area contributed by atoms with Crippen LogP contribution in [0.3, 0.4) is 0 Å². The Balaban J connectivity index is 3.14. The fourth-order valence-corrected chi connectivity index (χ4v) is 0.945. The summed E-state index contributed by atoms with van der Waals surface area (Å²) in [5.41, 5.74) is -0.555. The van der Waals surface area contributed by atoms with Crippen LogP contribution < -0.4 is 0 Å². The van der Waals surface area contributed by atoms with Crippen LogP contribution in [0, 0.1) is 24.0 Å². The van der Waals surface area contributed by atoms with Gasteiger partial charge >= 0.3 is 0 Å². The summed E-state index contributed by atoms with van der Waals surface area (Å²) < 4.78 is 25.8. The van der Waals surface area contributed by atoms with Crippen molar-refractivity contribution in [2.45, 2.75) is 6.42 Å². The Kier molecular flexibility index (Phi) is 2.76. The van der Waals surface area contributed by atoms with Crippen molar-refractivity contribution in [1.29, 1.82) is 0 Å². The fraction of sp³-hybridized carbons (Fsp3) is 0.100. The lowest BCUT2D eigenvalue weighted by Gasteiger charge is -2.00. The number of terminal acetylenes is 1. The van der Waals surface area contributed by atoms with E-state index < -0.39 is 23.0 Å². The number of hydrogen-bond acceptors (Lipinski definition) is 1. The lowest BCUT2D eigenvalue weighted by molar-refractivity contribution is 0.0990. The number of benzene rings is 1. The summed E-state index contributed by atoms with van der Waals surface area (Å²) in [5.74, 6) is -0.422. The minimum absolute atomic E-state index is 0.294. The van der Waals surface area contributed by atoms with Crippen LogP contribution in [-0.2, 0) is 0 Å². The molecule has 0 saturated heterocycles. The van der Waals surface area contributed by atoms with E-state index in [-0.39, 0.29) is 6.42 Å². The smallest absolute Gasteiger partial charge is 0.180 e. The van der Waals surface area contributed by atoms with Gasteiger partial charge in [0.1, 0.15) is 11.6 Å². The molecule has 0 spiro atoms. The van der Waals surface area contributed by atoms with Gasteiger partial charge in [-0.15, -0.1) is 6.42 Å². The van der Waals surface area contributed by atoms with E-state index in [2.05, 4.69) is 0 Å². The maximum absolute atomic E-state index is 12.9. The lowest BCUT2D eigenvalue weighted by atomic mass is 10.1. The molecule has 0 unspecified atom stereocenters. The van der Waals surface area contributed by atoms with Crippen LogP contribution in [0.15, 0.2) is 18.2 Å². The van der Waals surface area contributed by atoms with Gasteiger partial charge in [-0.1, -0.05) is 12.0 Å². The van der Waals surface area contributed by atoms with Gasteiger partial charge in [-0.3, -0.25) is 4.79 Å². The molecule has 1 rings (SSSR count). The molecule has 0 bridgehead atoms. The molecule has 0 radical (unpaired) electrons. The second-order valence-corrected chi connectivity index (χ2v) is 2.40. The first-order chi connectivity index (χ1) is 6.16. The zero-order chi connectivity index (χ0) is 9.84. The van der Waals surface area contributed by atoms with Crippen LogP contribution in [0.5, 0.6) is 0 Å². The standard InChI is InChI=1S/C10H6F2O/c1-2-4-9(13)10-7(11)5-3-6-8(10)12/h1,3,5-6H,4H2. The van der Waals surface area contributed by atoms with Gasteiger partial charge in [0, 0.05) is 0 Å². The summed E-state index contributed by atoms with van der Waals surface area (Å²) in [6.45, 7) is 0. The Labute approximate surface area is 74.4 Å². The third-order valence-electron chi connectivity index (χ3n) is 1.50. The number of halogens is 2. The Morgan fingerprint density at radius 2 is 1.92 bits per heavy atom. The molecule has 0 heterocycles. The summed E-state index contributed by atoms with van der Waals surface area (Å²) >= 11 is 0. The Bertz CT molecular complexity index is 357. The highest BCUT2D eigenvalue weighted by Crippen LogP contribution is 2.13. The molecule has 0 aliphatic carbocycles. The molecule has 13 heavy (non-hydrogen) atoms. The Hall–Kier alpha value is -1.69. The molecule has 0 N–H and O–H groups in total. The molecule has 66 valence electrons. The fourth-order valence-electron chi connectivity index (χ4n) is 0.945.